The first-order valence-corrected chi connectivity index (χ1v) is 4.16. The van der Waals surface area contributed by atoms with E-state index in [1.807, 2.05) is 0 Å². The summed E-state index contributed by atoms with van der Waals surface area (Å²) in [6, 6.07) is 0. The van der Waals surface area contributed by atoms with Crippen LogP contribution in [0.4, 0.5) is 0 Å². The maximum atomic E-state index is 10.2. The van der Waals surface area contributed by atoms with Crippen LogP contribution in [0.3, 0.4) is 0 Å². The molecular formula is C10H18O. The van der Waals surface area contributed by atoms with Gasteiger partial charge in [-0.2, -0.15) is 0 Å². The van der Waals surface area contributed by atoms with Gasteiger partial charge < -0.3 is 4.79 Å². The molecule has 0 radical (unpaired) electrons. The molecule has 0 aromatic heterocycles. The van der Waals surface area contributed by atoms with Crippen LogP contribution < -0.4 is 0 Å². The third-order valence-corrected chi connectivity index (χ3v) is 1.96. The second kappa shape index (κ2) is 5.11. The molecule has 2 atom stereocenters. The first kappa shape index (κ1) is 10.4. The highest BCUT2D eigenvalue weighted by molar-refractivity contribution is 5.49. The Bertz CT molecular complexity index is 143. The second-order valence-corrected chi connectivity index (χ2v) is 3.48. The Hall–Kier alpha value is -0.590. The molecular weight excluding hydrogens is 136 g/mol. The zero-order chi connectivity index (χ0) is 8.85. The van der Waals surface area contributed by atoms with Gasteiger partial charge in [-0.05, 0) is 25.7 Å². The van der Waals surface area contributed by atoms with Gasteiger partial charge in [0.15, 0.2) is 0 Å². The van der Waals surface area contributed by atoms with Gasteiger partial charge >= 0.3 is 0 Å². The number of hydrogen-bond donors (Lipinski definition) is 0. The van der Waals surface area contributed by atoms with Crippen molar-refractivity contribution in [2.24, 2.45) is 11.8 Å². The van der Waals surface area contributed by atoms with Crippen LogP contribution in [-0.4, -0.2) is 6.29 Å². The van der Waals surface area contributed by atoms with E-state index < -0.39 is 0 Å². The minimum atomic E-state index is 0.474. The lowest BCUT2D eigenvalue weighted by Crippen LogP contribution is -2.05. The van der Waals surface area contributed by atoms with Gasteiger partial charge in [-0.3, -0.25) is 0 Å². The molecule has 0 aromatic rings. The van der Waals surface area contributed by atoms with Crippen molar-refractivity contribution in [3.8, 4) is 0 Å². The van der Waals surface area contributed by atoms with Crippen molar-refractivity contribution in [1.82, 2.24) is 0 Å². The second-order valence-electron chi connectivity index (χ2n) is 3.48. The molecule has 0 aliphatic carbocycles. The fourth-order valence-corrected chi connectivity index (χ4v) is 1.06. The van der Waals surface area contributed by atoms with Crippen molar-refractivity contribution >= 4 is 6.29 Å². The molecule has 0 saturated heterocycles. The minimum absolute atomic E-state index is 0.474. The lowest BCUT2D eigenvalue weighted by molar-refractivity contribution is -0.108. The number of allylic oxidation sites excluding steroid dienone is 2. The molecule has 0 N–H and O–H groups in total. The van der Waals surface area contributed by atoms with E-state index in [9.17, 15) is 4.79 Å². The lowest BCUT2D eigenvalue weighted by Gasteiger charge is -2.13. The van der Waals surface area contributed by atoms with E-state index in [0.717, 1.165) is 6.29 Å². The molecule has 0 unspecified atom stereocenters. The molecule has 0 fully saturated rings. The molecule has 0 aliphatic heterocycles. The number of carbonyl (C=O) groups excluding carboxylic acids is 1. The fraction of sp³-hybridized carbons (Fsp3) is 0.700. The van der Waals surface area contributed by atoms with Gasteiger partial charge in [-0.15, -0.1) is 0 Å². The van der Waals surface area contributed by atoms with E-state index in [4.69, 9.17) is 0 Å². The Labute approximate surface area is 69.5 Å². The third kappa shape index (κ3) is 4.77. The summed E-state index contributed by atoms with van der Waals surface area (Å²) < 4.78 is 0. The van der Waals surface area contributed by atoms with Gasteiger partial charge in [0.1, 0.15) is 6.29 Å². The van der Waals surface area contributed by atoms with Gasteiger partial charge in [-0.25, -0.2) is 0 Å². The highest BCUT2D eigenvalue weighted by atomic mass is 16.1. The fourth-order valence-electron chi connectivity index (χ4n) is 1.06. The van der Waals surface area contributed by atoms with Crippen LogP contribution in [0.5, 0.6) is 0 Å². The predicted octanol–water partition coefficient (Wildman–Crippen LogP) is 2.81. The quantitative estimate of drug-likeness (QED) is 0.449. The topological polar surface area (TPSA) is 17.1 Å². The van der Waals surface area contributed by atoms with Crippen LogP contribution in [0.15, 0.2) is 11.6 Å². The van der Waals surface area contributed by atoms with Gasteiger partial charge in [0, 0.05) is 6.42 Å². The molecule has 64 valence electrons. The van der Waals surface area contributed by atoms with Crippen molar-refractivity contribution in [3.63, 3.8) is 0 Å². The SMILES string of the molecule is CC(C)=C[C@H](C)[C@H](C)CC=O. The Morgan fingerprint density at radius 2 is 1.91 bits per heavy atom. The van der Waals surface area contributed by atoms with E-state index >= 15 is 0 Å². The zero-order valence-corrected chi connectivity index (χ0v) is 7.92. The average molecular weight is 154 g/mol. The molecule has 0 spiro atoms. The van der Waals surface area contributed by atoms with Crippen LogP contribution in [0, 0.1) is 11.8 Å². The normalized spacial score (nSPS) is 15.3. The van der Waals surface area contributed by atoms with E-state index in [-0.39, 0.29) is 0 Å². The Kier molecular flexibility index (Phi) is 4.84. The monoisotopic (exact) mass is 154 g/mol. The predicted molar refractivity (Wildman–Crippen MR) is 48.4 cm³/mol. The smallest absolute Gasteiger partial charge is 0.120 e. The minimum Gasteiger partial charge on any atom is -0.303 e. The Balaban J connectivity index is 3.91. The highest BCUT2D eigenvalue weighted by Gasteiger charge is 2.07. The first-order chi connectivity index (χ1) is 5.07. The molecule has 0 aliphatic rings. The Morgan fingerprint density at radius 1 is 1.36 bits per heavy atom. The summed E-state index contributed by atoms with van der Waals surface area (Å²) in [5.41, 5.74) is 1.33. The molecule has 0 amide bonds. The van der Waals surface area contributed by atoms with Crippen molar-refractivity contribution < 1.29 is 4.79 Å². The summed E-state index contributed by atoms with van der Waals surface area (Å²) in [5, 5.41) is 0. The third-order valence-electron chi connectivity index (χ3n) is 1.96. The summed E-state index contributed by atoms with van der Waals surface area (Å²) in [6.45, 7) is 8.44. The van der Waals surface area contributed by atoms with E-state index in [1.54, 1.807) is 0 Å². The largest absolute Gasteiger partial charge is 0.303 e. The summed E-state index contributed by atoms with van der Waals surface area (Å²) in [6.07, 6.45) is 3.89. The van der Waals surface area contributed by atoms with Crippen molar-refractivity contribution in [2.45, 2.75) is 34.1 Å². The summed E-state index contributed by atoms with van der Waals surface area (Å²) in [5.74, 6) is 0.993. The van der Waals surface area contributed by atoms with Crippen molar-refractivity contribution in [2.75, 3.05) is 0 Å². The molecule has 0 rings (SSSR count). The molecule has 0 saturated carbocycles. The summed E-state index contributed by atoms with van der Waals surface area (Å²) >= 11 is 0. The van der Waals surface area contributed by atoms with Gasteiger partial charge in [0.25, 0.3) is 0 Å². The van der Waals surface area contributed by atoms with Crippen LogP contribution in [-0.2, 0) is 4.79 Å². The van der Waals surface area contributed by atoms with E-state index in [0.29, 0.717) is 18.3 Å². The first-order valence-electron chi connectivity index (χ1n) is 4.16. The summed E-state index contributed by atoms with van der Waals surface area (Å²) in [7, 11) is 0. The number of aldehydes is 1. The van der Waals surface area contributed by atoms with Crippen molar-refractivity contribution in [3.05, 3.63) is 11.6 Å². The van der Waals surface area contributed by atoms with Crippen LogP contribution in [0.2, 0.25) is 0 Å². The van der Waals surface area contributed by atoms with Crippen LogP contribution in [0.1, 0.15) is 34.1 Å². The maximum Gasteiger partial charge on any atom is 0.120 e. The molecule has 1 heteroatoms. The number of rotatable bonds is 4. The van der Waals surface area contributed by atoms with E-state index in [2.05, 4.69) is 33.8 Å². The molecule has 0 bridgehead atoms. The molecule has 0 aromatic carbocycles. The Morgan fingerprint density at radius 3 is 2.27 bits per heavy atom. The van der Waals surface area contributed by atoms with E-state index in [1.165, 1.54) is 5.57 Å². The zero-order valence-electron chi connectivity index (χ0n) is 7.92. The lowest BCUT2D eigenvalue weighted by atomic mass is 9.92. The highest BCUT2D eigenvalue weighted by Crippen LogP contribution is 2.16. The molecule has 11 heavy (non-hydrogen) atoms. The standard InChI is InChI=1S/C10H18O/c1-8(2)7-10(4)9(3)5-6-11/h6-7,9-10H,5H2,1-4H3/t9-,10+/m1/s1. The number of carbonyl (C=O) groups is 1. The average Bonchev–Trinajstić information content (AvgIpc) is 1.86. The molecule has 0 heterocycles. The number of hydrogen-bond acceptors (Lipinski definition) is 1. The van der Waals surface area contributed by atoms with Crippen LogP contribution in [0.25, 0.3) is 0 Å². The summed E-state index contributed by atoms with van der Waals surface area (Å²) in [4.78, 5) is 10.2. The van der Waals surface area contributed by atoms with Gasteiger partial charge in [-0.1, -0.05) is 25.5 Å². The van der Waals surface area contributed by atoms with Gasteiger partial charge in [0.05, 0.1) is 0 Å². The van der Waals surface area contributed by atoms with Crippen LogP contribution >= 0.6 is 0 Å². The molecule has 1 nitrogen and oxygen atoms in total. The maximum absolute atomic E-state index is 10.2. The van der Waals surface area contributed by atoms with Crippen molar-refractivity contribution in [1.29, 1.82) is 0 Å². The van der Waals surface area contributed by atoms with Gasteiger partial charge in [0.2, 0.25) is 0 Å².